The second kappa shape index (κ2) is 4.05. The Balaban J connectivity index is 2.52. The number of oxazole rings is 1. The van der Waals surface area contributed by atoms with E-state index in [-0.39, 0.29) is 22.8 Å². The van der Waals surface area contributed by atoms with Crippen LogP contribution in [0.25, 0.3) is 11.5 Å². The maximum atomic E-state index is 10.8. The van der Waals surface area contributed by atoms with E-state index in [2.05, 4.69) is 4.98 Å². The number of carboxylic acid groups (broad SMARTS) is 1. The fourth-order valence-corrected chi connectivity index (χ4v) is 1.31. The molecule has 2 rings (SSSR count). The highest BCUT2D eigenvalue weighted by atomic mass is 16.6. The number of para-hydroxylation sites is 1. The van der Waals surface area contributed by atoms with Gasteiger partial charge in [0.15, 0.2) is 5.69 Å². The van der Waals surface area contributed by atoms with Crippen molar-refractivity contribution in [2.45, 2.75) is 0 Å². The number of nitrogens with zero attached hydrogens (tertiary/aromatic N) is 2. The quantitative estimate of drug-likeness (QED) is 0.642. The second-order valence-corrected chi connectivity index (χ2v) is 3.12. The molecule has 0 bridgehead atoms. The molecule has 1 heterocycles. The molecule has 0 aliphatic heterocycles. The monoisotopic (exact) mass is 234 g/mol. The molecule has 1 aromatic carbocycles. The maximum Gasteiger partial charge on any atom is 0.357 e. The van der Waals surface area contributed by atoms with Gasteiger partial charge in [-0.15, -0.1) is 0 Å². The standard InChI is InChI=1S/C10H6N2O5/c13-10(14)7-5-17-9(11-7)6-3-1-2-4-8(6)12(15)16/h1-5H,(H,13,14). The third-order valence-electron chi connectivity index (χ3n) is 2.05. The van der Waals surface area contributed by atoms with Gasteiger partial charge in [-0.1, -0.05) is 12.1 Å². The summed E-state index contributed by atoms with van der Waals surface area (Å²) in [6, 6.07) is 5.81. The predicted molar refractivity (Wildman–Crippen MR) is 55.6 cm³/mol. The van der Waals surface area contributed by atoms with Crippen LogP contribution in [-0.4, -0.2) is 21.0 Å². The van der Waals surface area contributed by atoms with Crippen molar-refractivity contribution < 1.29 is 19.2 Å². The van der Waals surface area contributed by atoms with Gasteiger partial charge in [0.05, 0.1) is 4.92 Å². The van der Waals surface area contributed by atoms with Crippen LogP contribution in [0.2, 0.25) is 0 Å². The molecule has 0 aliphatic rings. The van der Waals surface area contributed by atoms with Gasteiger partial charge < -0.3 is 9.52 Å². The number of benzene rings is 1. The van der Waals surface area contributed by atoms with Crippen LogP contribution >= 0.6 is 0 Å². The van der Waals surface area contributed by atoms with Gasteiger partial charge in [0.1, 0.15) is 11.8 Å². The lowest BCUT2D eigenvalue weighted by atomic mass is 10.2. The van der Waals surface area contributed by atoms with Gasteiger partial charge in [-0.25, -0.2) is 9.78 Å². The van der Waals surface area contributed by atoms with E-state index in [1.54, 1.807) is 6.07 Å². The second-order valence-electron chi connectivity index (χ2n) is 3.12. The van der Waals surface area contributed by atoms with Crippen molar-refractivity contribution >= 4 is 11.7 Å². The molecular weight excluding hydrogens is 228 g/mol. The molecule has 1 aromatic heterocycles. The summed E-state index contributed by atoms with van der Waals surface area (Å²) < 4.78 is 4.91. The first-order chi connectivity index (χ1) is 8.09. The molecule has 0 spiro atoms. The van der Waals surface area contributed by atoms with Crippen molar-refractivity contribution in [1.82, 2.24) is 4.98 Å². The molecule has 7 nitrogen and oxygen atoms in total. The number of aromatic nitrogens is 1. The molecule has 0 radical (unpaired) electrons. The van der Waals surface area contributed by atoms with Crippen LogP contribution in [0.1, 0.15) is 10.5 Å². The number of nitro benzene ring substituents is 1. The summed E-state index contributed by atoms with van der Waals surface area (Å²) >= 11 is 0. The Labute approximate surface area is 94.5 Å². The Morgan fingerprint density at radius 1 is 1.41 bits per heavy atom. The molecule has 0 amide bonds. The van der Waals surface area contributed by atoms with Crippen LogP contribution in [-0.2, 0) is 0 Å². The number of carboxylic acids is 1. The summed E-state index contributed by atoms with van der Waals surface area (Å²) in [7, 11) is 0. The minimum absolute atomic E-state index is 0.0882. The van der Waals surface area contributed by atoms with Gasteiger partial charge >= 0.3 is 5.97 Å². The average molecular weight is 234 g/mol. The minimum atomic E-state index is -1.25. The van der Waals surface area contributed by atoms with Crippen molar-refractivity contribution in [3.05, 3.63) is 46.3 Å². The largest absolute Gasteiger partial charge is 0.476 e. The normalized spacial score (nSPS) is 10.1. The van der Waals surface area contributed by atoms with E-state index in [0.717, 1.165) is 6.26 Å². The number of aromatic carboxylic acids is 1. The fraction of sp³-hybridized carbons (Fsp3) is 0. The zero-order chi connectivity index (χ0) is 12.4. The smallest absolute Gasteiger partial charge is 0.357 e. The van der Waals surface area contributed by atoms with E-state index in [1.807, 2.05) is 0 Å². The summed E-state index contributed by atoms with van der Waals surface area (Å²) in [6.07, 6.45) is 0.939. The number of nitro groups is 1. The molecule has 0 aliphatic carbocycles. The molecule has 86 valence electrons. The van der Waals surface area contributed by atoms with E-state index in [4.69, 9.17) is 9.52 Å². The Hall–Kier alpha value is -2.70. The van der Waals surface area contributed by atoms with Crippen molar-refractivity contribution in [3.8, 4) is 11.5 Å². The molecule has 2 aromatic rings. The molecular formula is C10H6N2O5. The zero-order valence-electron chi connectivity index (χ0n) is 8.36. The highest BCUT2D eigenvalue weighted by Gasteiger charge is 2.20. The van der Waals surface area contributed by atoms with Crippen LogP contribution in [0, 0.1) is 10.1 Å². The minimum Gasteiger partial charge on any atom is -0.476 e. The van der Waals surface area contributed by atoms with Crippen LogP contribution in [0.15, 0.2) is 34.9 Å². The number of carbonyl (C=O) groups is 1. The number of hydrogen-bond donors (Lipinski definition) is 1. The molecule has 0 unspecified atom stereocenters. The highest BCUT2D eigenvalue weighted by molar-refractivity contribution is 5.85. The third kappa shape index (κ3) is 1.98. The SMILES string of the molecule is O=C(O)c1coc(-c2ccccc2[N+](=O)[O-])n1. The van der Waals surface area contributed by atoms with Gasteiger partial charge in [0.2, 0.25) is 5.89 Å². The Bertz CT molecular complexity index is 590. The number of rotatable bonds is 3. The molecule has 17 heavy (non-hydrogen) atoms. The van der Waals surface area contributed by atoms with E-state index < -0.39 is 10.9 Å². The Kier molecular flexibility index (Phi) is 2.57. The van der Waals surface area contributed by atoms with Gasteiger partial charge in [-0.05, 0) is 6.07 Å². The summed E-state index contributed by atoms with van der Waals surface area (Å²) in [5.41, 5.74) is -0.338. The Morgan fingerprint density at radius 2 is 2.12 bits per heavy atom. The van der Waals surface area contributed by atoms with Gasteiger partial charge in [-0.2, -0.15) is 0 Å². The van der Waals surface area contributed by atoms with E-state index in [1.165, 1.54) is 18.2 Å². The van der Waals surface area contributed by atoms with Crippen molar-refractivity contribution in [2.75, 3.05) is 0 Å². The van der Waals surface area contributed by atoms with E-state index in [9.17, 15) is 14.9 Å². The lowest BCUT2D eigenvalue weighted by molar-refractivity contribution is -0.384. The van der Waals surface area contributed by atoms with Gasteiger partial charge in [-0.3, -0.25) is 10.1 Å². The summed E-state index contributed by atoms with van der Waals surface area (Å²) in [5, 5.41) is 19.4. The van der Waals surface area contributed by atoms with E-state index in [0.29, 0.717) is 0 Å². The Morgan fingerprint density at radius 3 is 2.71 bits per heavy atom. The topological polar surface area (TPSA) is 106 Å². The van der Waals surface area contributed by atoms with Crippen molar-refractivity contribution in [3.63, 3.8) is 0 Å². The molecule has 0 saturated heterocycles. The first-order valence-electron chi connectivity index (χ1n) is 4.52. The van der Waals surface area contributed by atoms with Crippen LogP contribution in [0.3, 0.4) is 0 Å². The molecule has 0 atom stereocenters. The maximum absolute atomic E-state index is 10.8. The first-order valence-corrected chi connectivity index (χ1v) is 4.52. The lowest BCUT2D eigenvalue weighted by Crippen LogP contribution is -1.96. The predicted octanol–water partition coefficient (Wildman–Crippen LogP) is 1.95. The summed E-state index contributed by atoms with van der Waals surface area (Å²) in [4.78, 5) is 24.4. The average Bonchev–Trinajstić information content (AvgIpc) is 2.78. The van der Waals surface area contributed by atoms with Crippen LogP contribution < -0.4 is 0 Å². The summed E-state index contributed by atoms with van der Waals surface area (Å²) in [6.45, 7) is 0. The first kappa shape index (κ1) is 10.8. The molecule has 1 N–H and O–H groups in total. The lowest BCUT2D eigenvalue weighted by Gasteiger charge is -1.96. The van der Waals surface area contributed by atoms with Gasteiger partial charge in [0, 0.05) is 6.07 Å². The summed E-state index contributed by atoms with van der Waals surface area (Å²) in [5.74, 6) is -1.34. The zero-order valence-corrected chi connectivity index (χ0v) is 8.36. The number of hydrogen-bond acceptors (Lipinski definition) is 5. The van der Waals surface area contributed by atoms with Crippen molar-refractivity contribution in [1.29, 1.82) is 0 Å². The van der Waals surface area contributed by atoms with Crippen LogP contribution in [0.5, 0.6) is 0 Å². The molecule has 0 fully saturated rings. The third-order valence-corrected chi connectivity index (χ3v) is 2.05. The molecule has 7 heteroatoms. The van der Waals surface area contributed by atoms with Gasteiger partial charge in [0.25, 0.3) is 5.69 Å². The van der Waals surface area contributed by atoms with Crippen molar-refractivity contribution in [2.24, 2.45) is 0 Å². The highest BCUT2D eigenvalue weighted by Crippen LogP contribution is 2.28. The van der Waals surface area contributed by atoms with Crippen LogP contribution in [0.4, 0.5) is 5.69 Å². The van der Waals surface area contributed by atoms with E-state index >= 15 is 0 Å². The fourth-order valence-electron chi connectivity index (χ4n) is 1.31. The molecule has 0 saturated carbocycles.